The van der Waals surface area contributed by atoms with E-state index in [4.69, 9.17) is 9.90 Å². The first kappa shape index (κ1) is 23.4. The molecule has 7 heteroatoms. The minimum absolute atomic E-state index is 0.182. The summed E-state index contributed by atoms with van der Waals surface area (Å²) in [5, 5.41) is 22.0. The lowest BCUT2D eigenvalue weighted by Gasteiger charge is -2.56. The smallest absolute Gasteiger partial charge is 0.490 e. The van der Waals surface area contributed by atoms with Crippen LogP contribution in [0.15, 0.2) is 12.1 Å². The number of hydrogen-bond acceptors (Lipinski definition) is 3. The first-order valence-electron chi connectivity index (χ1n) is 12.0. The van der Waals surface area contributed by atoms with Crippen molar-refractivity contribution in [3.8, 4) is 5.75 Å². The van der Waals surface area contributed by atoms with Crippen molar-refractivity contribution in [1.29, 1.82) is 0 Å². The SMILES string of the molecule is CC1(c2cc3c(cc2O)[C@]24CCCC[C@@H]2[C@H](C3)NCC4)CCCCC1.O=C(O)C(F)(F)F. The first-order chi connectivity index (χ1) is 15.1. The molecule has 3 atom stereocenters. The average molecular weight is 454 g/mol. The molecule has 1 aromatic rings. The van der Waals surface area contributed by atoms with Gasteiger partial charge in [-0.1, -0.05) is 45.1 Å². The summed E-state index contributed by atoms with van der Waals surface area (Å²) in [5.74, 6) is -1.37. The van der Waals surface area contributed by atoms with Gasteiger partial charge in [0.1, 0.15) is 5.75 Å². The number of rotatable bonds is 1. The zero-order chi connectivity index (χ0) is 23.1. The molecule has 4 aliphatic rings. The van der Waals surface area contributed by atoms with Crippen LogP contribution in [0, 0.1) is 5.92 Å². The van der Waals surface area contributed by atoms with Crippen LogP contribution < -0.4 is 5.32 Å². The molecule has 32 heavy (non-hydrogen) atoms. The Morgan fingerprint density at radius 2 is 1.69 bits per heavy atom. The number of fused-ring (bicyclic) bond motifs is 1. The zero-order valence-electron chi connectivity index (χ0n) is 18.7. The number of phenolic OH excluding ortho intramolecular Hbond substituents is 1. The summed E-state index contributed by atoms with van der Waals surface area (Å²) in [7, 11) is 0. The van der Waals surface area contributed by atoms with E-state index in [0.717, 1.165) is 12.5 Å². The van der Waals surface area contributed by atoms with Gasteiger partial charge in [-0.25, -0.2) is 4.79 Å². The Bertz CT molecular complexity index is 859. The fourth-order valence-electron chi connectivity index (χ4n) is 7.06. The molecule has 0 unspecified atom stereocenters. The zero-order valence-corrected chi connectivity index (χ0v) is 18.7. The van der Waals surface area contributed by atoms with Crippen LogP contribution >= 0.6 is 0 Å². The standard InChI is InChI=1S/C23H33NO.C2HF3O2/c1-22(8-4-2-5-9-22)19-13-16-14-20-17-7-3-6-10-23(17,11-12-24-20)18(16)15-21(19)25;3-2(4,5)1(6)7/h13,15,17,20,24-25H,2-12,14H2,1H3;(H,6,7)/t17-,20+,23+;/m1./s1. The summed E-state index contributed by atoms with van der Waals surface area (Å²) in [6.45, 7) is 3.54. The van der Waals surface area contributed by atoms with Gasteiger partial charge in [0.15, 0.2) is 0 Å². The summed E-state index contributed by atoms with van der Waals surface area (Å²) in [5.41, 5.74) is 4.85. The van der Waals surface area contributed by atoms with Gasteiger partial charge < -0.3 is 15.5 Å². The lowest BCUT2D eigenvalue weighted by Crippen LogP contribution is -2.59. The van der Waals surface area contributed by atoms with Crippen molar-refractivity contribution in [2.24, 2.45) is 5.92 Å². The first-order valence-corrected chi connectivity index (χ1v) is 12.0. The maximum absolute atomic E-state index is 11.1. The second-order valence-corrected chi connectivity index (χ2v) is 10.5. The number of aliphatic carboxylic acids is 1. The van der Waals surface area contributed by atoms with E-state index < -0.39 is 12.1 Å². The third kappa shape index (κ3) is 4.13. The van der Waals surface area contributed by atoms with Crippen molar-refractivity contribution >= 4 is 5.97 Å². The second-order valence-electron chi connectivity index (χ2n) is 10.5. The monoisotopic (exact) mass is 453 g/mol. The summed E-state index contributed by atoms with van der Waals surface area (Å²) in [6.07, 6.45) is 9.25. The van der Waals surface area contributed by atoms with Crippen LogP contribution in [0.2, 0.25) is 0 Å². The Morgan fingerprint density at radius 3 is 2.34 bits per heavy atom. The molecule has 0 radical (unpaired) electrons. The molecule has 178 valence electrons. The number of carbonyl (C=O) groups is 1. The van der Waals surface area contributed by atoms with E-state index in [9.17, 15) is 18.3 Å². The highest BCUT2D eigenvalue weighted by Crippen LogP contribution is 2.55. The lowest BCUT2D eigenvalue weighted by atomic mass is 9.52. The molecular formula is C25H34F3NO3. The minimum atomic E-state index is -5.08. The van der Waals surface area contributed by atoms with Crippen LogP contribution in [0.1, 0.15) is 87.8 Å². The molecule has 0 amide bonds. The number of benzene rings is 1. The summed E-state index contributed by atoms with van der Waals surface area (Å²) in [4.78, 5) is 8.90. The molecule has 1 heterocycles. The van der Waals surface area contributed by atoms with E-state index in [1.807, 2.05) is 0 Å². The highest BCUT2D eigenvalue weighted by atomic mass is 19.4. The van der Waals surface area contributed by atoms with Crippen LogP contribution in [0.4, 0.5) is 13.2 Å². The normalized spacial score (nSPS) is 30.9. The molecule has 2 saturated carbocycles. The highest BCUT2D eigenvalue weighted by molar-refractivity contribution is 5.73. The van der Waals surface area contributed by atoms with Crippen molar-refractivity contribution in [1.82, 2.24) is 5.32 Å². The second kappa shape index (κ2) is 8.54. The topological polar surface area (TPSA) is 69.6 Å². The summed E-state index contributed by atoms with van der Waals surface area (Å²) >= 11 is 0. The molecule has 3 N–H and O–H groups in total. The molecule has 0 spiro atoms. The van der Waals surface area contributed by atoms with E-state index in [0.29, 0.717) is 17.2 Å². The van der Waals surface area contributed by atoms with Crippen LogP contribution in [-0.2, 0) is 22.0 Å². The molecule has 0 aromatic heterocycles. The van der Waals surface area contributed by atoms with Gasteiger partial charge in [-0.2, -0.15) is 13.2 Å². The van der Waals surface area contributed by atoms with Crippen LogP contribution in [0.3, 0.4) is 0 Å². The molecular weight excluding hydrogens is 419 g/mol. The predicted octanol–water partition coefficient (Wildman–Crippen LogP) is 5.59. The van der Waals surface area contributed by atoms with E-state index in [-0.39, 0.29) is 5.41 Å². The van der Waals surface area contributed by atoms with E-state index in [1.165, 1.54) is 81.8 Å². The highest BCUT2D eigenvalue weighted by Gasteiger charge is 2.52. The van der Waals surface area contributed by atoms with Gasteiger partial charge in [-0.15, -0.1) is 0 Å². The Morgan fingerprint density at radius 1 is 1.03 bits per heavy atom. The Kier molecular flexibility index (Phi) is 6.25. The fraction of sp³-hybridized carbons (Fsp3) is 0.720. The number of phenols is 1. The van der Waals surface area contributed by atoms with Gasteiger partial charge in [-0.05, 0) is 73.6 Å². The van der Waals surface area contributed by atoms with Crippen LogP contribution in [0.5, 0.6) is 5.75 Å². The van der Waals surface area contributed by atoms with Crippen molar-refractivity contribution in [3.05, 3.63) is 28.8 Å². The molecule has 1 saturated heterocycles. The quantitative estimate of drug-likeness (QED) is 0.518. The molecule has 3 aliphatic carbocycles. The van der Waals surface area contributed by atoms with E-state index in [1.54, 1.807) is 5.56 Å². The van der Waals surface area contributed by atoms with E-state index >= 15 is 0 Å². The third-order valence-electron chi connectivity index (χ3n) is 8.61. The molecule has 1 aliphatic heterocycles. The molecule has 5 rings (SSSR count). The Balaban J connectivity index is 0.000000307. The average Bonchev–Trinajstić information content (AvgIpc) is 2.74. The maximum atomic E-state index is 11.1. The number of carboxylic acids is 1. The van der Waals surface area contributed by atoms with E-state index in [2.05, 4.69) is 24.4 Å². The fourth-order valence-corrected chi connectivity index (χ4v) is 7.06. The minimum Gasteiger partial charge on any atom is -0.508 e. The van der Waals surface area contributed by atoms with Crippen LogP contribution in [0.25, 0.3) is 0 Å². The number of hydrogen-bond donors (Lipinski definition) is 3. The van der Waals surface area contributed by atoms with Gasteiger partial charge in [-0.3, -0.25) is 0 Å². The Labute approximate surface area is 187 Å². The number of halogens is 3. The molecule has 2 bridgehead atoms. The maximum Gasteiger partial charge on any atom is 0.490 e. The van der Waals surface area contributed by atoms with Gasteiger partial charge in [0.25, 0.3) is 0 Å². The van der Waals surface area contributed by atoms with Gasteiger partial charge >= 0.3 is 12.1 Å². The number of alkyl halides is 3. The number of aromatic hydroxyl groups is 1. The molecule has 3 fully saturated rings. The third-order valence-corrected chi connectivity index (χ3v) is 8.61. The number of piperidine rings is 1. The molecule has 4 nitrogen and oxygen atoms in total. The number of nitrogens with one attached hydrogen (secondary N) is 1. The lowest BCUT2D eigenvalue weighted by molar-refractivity contribution is -0.192. The largest absolute Gasteiger partial charge is 0.508 e. The van der Waals surface area contributed by atoms with Crippen molar-refractivity contribution < 1.29 is 28.2 Å². The Hall–Kier alpha value is -1.76. The van der Waals surface area contributed by atoms with Gasteiger partial charge in [0, 0.05) is 17.0 Å². The predicted molar refractivity (Wildman–Crippen MR) is 116 cm³/mol. The van der Waals surface area contributed by atoms with Crippen molar-refractivity contribution in [2.75, 3.05) is 6.54 Å². The summed E-state index contributed by atoms with van der Waals surface area (Å²) < 4.78 is 31.7. The van der Waals surface area contributed by atoms with Crippen LogP contribution in [-0.4, -0.2) is 34.9 Å². The van der Waals surface area contributed by atoms with Gasteiger partial charge in [0.2, 0.25) is 0 Å². The number of carboxylic acid groups (broad SMARTS) is 1. The summed E-state index contributed by atoms with van der Waals surface area (Å²) in [6, 6.07) is 5.32. The van der Waals surface area contributed by atoms with Crippen molar-refractivity contribution in [2.45, 2.75) is 101 Å². The van der Waals surface area contributed by atoms with Crippen molar-refractivity contribution in [3.63, 3.8) is 0 Å². The van der Waals surface area contributed by atoms with Gasteiger partial charge in [0.05, 0.1) is 0 Å². The molecule has 1 aromatic carbocycles.